The third-order valence-electron chi connectivity index (χ3n) is 4.40. The molecule has 1 saturated heterocycles. The van der Waals surface area contributed by atoms with Crippen LogP contribution in [0.5, 0.6) is 0 Å². The van der Waals surface area contributed by atoms with E-state index in [1.165, 1.54) is 6.07 Å². The Morgan fingerprint density at radius 3 is 2.70 bits per heavy atom. The third kappa shape index (κ3) is 3.73. The first-order valence-electron chi connectivity index (χ1n) is 7.95. The van der Waals surface area contributed by atoms with Crippen LogP contribution in [0.1, 0.15) is 34.6 Å². The van der Waals surface area contributed by atoms with Crippen LogP contribution in [-0.4, -0.2) is 33.9 Å². The average molecular weight is 313 g/mol. The summed E-state index contributed by atoms with van der Waals surface area (Å²) in [5.41, 5.74) is 2.13. The Labute approximate surface area is 135 Å². The summed E-state index contributed by atoms with van der Waals surface area (Å²) in [5.74, 6) is 0.261. The van der Waals surface area contributed by atoms with E-state index >= 15 is 0 Å². The van der Waals surface area contributed by atoms with Gasteiger partial charge in [0.15, 0.2) is 0 Å². The lowest BCUT2D eigenvalue weighted by Gasteiger charge is -2.32. The number of likely N-dealkylation sites (tertiary alicyclic amines) is 1. The van der Waals surface area contributed by atoms with Crippen molar-refractivity contribution in [2.75, 3.05) is 13.1 Å². The second kappa shape index (κ2) is 6.86. The Bertz CT molecular complexity index is 696. The molecule has 1 amide bonds. The molecule has 3 rings (SSSR count). The number of nitrogens with zero attached hydrogens (tertiary/aromatic N) is 3. The molecule has 0 saturated carbocycles. The van der Waals surface area contributed by atoms with Crippen molar-refractivity contribution in [2.24, 2.45) is 5.92 Å². The summed E-state index contributed by atoms with van der Waals surface area (Å²) >= 11 is 0. The van der Waals surface area contributed by atoms with Crippen LogP contribution in [0.3, 0.4) is 0 Å². The fourth-order valence-electron chi connectivity index (χ4n) is 3.10. The lowest BCUT2D eigenvalue weighted by Crippen LogP contribution is -2.39. The third-order valence-corrected chi connectivity index (χ3v) is 4.40. The van der Waals surface area contributed by atoms with Crippen LogP contribution < -0.4 is 0 Å². The minimum atomic E-state index is -0.187. The van der Waals surface area contributed by atoms with Gasteiger partial charge in [0, 0.05) is 25.5 Å². The molecule has 0 aliphatic carbocycles. The van der Waals surface area contributed by atoms with E-state index in [0.29, 0.717) is 17.3 Å². The molecule has 1 aromatic heterocycles. The summed E-state index contributed by atoms with van der Waals surface area (Å²) in [7, 11) is 0. The van der Waals surface area contributed by atoms with Crippen LogP contribution in [0, 0.1) is 18.7 Å². The largest absolute Gasteiger partial charge is 0.337 e. The second-order valence-electron chi connectivity index (χ2n) is 6.06. The van der Waals surface area contributed by atoms with Crippen LogP contribution in [0.2, 0.25) is 0 Å². The topological polar surface area (TPSA) is 46.1 Å². The summed E-state index contributed by atoms with van der Waals surface area (Å²) < 4.78 is 13.2. The fourth-order valence-corrected chi connectivity index (χ4v) is 3.10. The number of hydrogen-bond acceptors (Lipinski definition) is 3. The molecule has 2 aromatic rings. The van der Waals surface area contributed by atoms with Gasteiger partial charge in [-0.2, -0.15) is 0 Å². The summed E-state index contributed by atoms with van der Waals surface area (Å²) in [6.07, 6.45) is 5.88. The van der Waals surface area contributed by atoms with Crippen molar-refractivity contribution in [1.29, 1.82) is 0 Å². The molecule has 0 radical (unpaired) electrons. The Kier molecular flexibility index (Phi) is 4.65. The molecule has 5 heteroatoms. The molecule has 0 atom stereocenters. The fraction of sp³-hybridized carbons (Fsp3) is 0.389. The average Bonchev–Trinajstić information content (AvgIpc) is 2.55. The molecule has 0 unspecified atom stereocenters. The van der Waals surface area contributed by atoms with E-state index in [1.807, 2.05) is 11.0 Å². The van der Waals surface area contributed by atoms with E-state index in [0.717, 1.165) is 37.9 Å². The van der Waals surface area contributed by atoms with Gasteiger partial charge in [0.1, 0.15) is 11.5 Å². The summed E-state index contributed by atoms with van der Waals surface area (Å²) in [6.45, 7) is 3.24. The Morgan fingerprint density at radius 2 is 2.00 bits per heavy atom. The molecule has 2 heterocycles. The minimum absolute atomic E-state index is 0.0418. The molecule has 23 heavy (non-hydrogen) atoms. The number of rotatable bonds is 3. The summed E-state index contributed by atoms with van der Waals surface area (Å²) in [6, 6.07) is 6.78. The van der Waals surface area contributed by atoms with Crippen molar-refractivity contribution in [2.45, 2.75) is 26.2 Å². The Hall–Kier alpha value is -2.30. The predicted molar refractivity (Wildman–Crippen MR) is 85.5 cm³/mol. The van der Waals surface area contributed by atoms with Gasteiger partial charge in [-0.3, -0.25) is 9.78 Å². The van der Waals surface area contributed by atoms with Gasteiger partial charge in [-0.25, -0.2) is 9.37 Å². The minimum Gasteiger partial charge on any atom is -0.337 e. The first-order valence-corrected chi connectivity index (χ1v) is 7.95. The summed E-state index contributed by atoms with van der Waals surface area (Å²) in [5, 5.41) is 0. The zero-order chi connectivity index (χ0) is 16.2. The van der Waals surface area contributed by atoms with Crippen molar-refractivity contribution < 1.29 is 9.18 Å². The maximum Gasteiger partial charge on any atom is 0.274 e. The zero-order valence-corrected chi connectivity index (χ0v) is 13.2. The van der Waals surface area contributed by atoms with Gasteiger partial charge < -0.3 is 4.90 Å². The number of carbonyl (C=O) groups is 1. The van der Waals surface area contributed by atoms with E-state index in [-0.39, 0.29) is 11.7 Å². The van der Waals surface area contributed by atoms with Gasteiger partial charge in [-0.05, 0) is 49.8 Å². The normalized spacial score (nSPS) is 15.7. The van der Waals surface area contributed by atoms with Crippen LogP contribution in [0.25, 0.3) is 0 Å². The lowest BCUT2D eigenvalue weighted by molar-refractivity contribution is 0.0683. The standard InChI is InChI=1S/C18H20FN3O/c1-13-17(21-8-7-20-13)18(23)22-9-5-14(6-10-22)11-15-3-2-4-16(19)12-15/h2-4,7-8,12,14H,5-6,9-11H2,1H3. The van der Waals surface area contributed by atoms with Gasteiger partial charge in [0.05, 0.1) is 5.69 Å². The molecular weight excluding hydrogens is 293 g/mol. The highest BCUT2D eigenvalue weighted by atomic mass is 19.1. The molecular formula is C18H20FN3O. The smallest absolute Gasteiger partial charge is 0.274 e. The van der Waals surface area contributed by atoms with Gasteiger partial charge >= 0.3 is 0 Å². The number of piperidine rings is 1. The molecule has 1 aromatic carbocycles. The molecule has 1 fully saturated rings. The number of amides is 1. The maximum atomic E-state index is 13.2. The highest BCUT2D eigenvalue weighted by Gasteiger charge is 2.25. The predicted octanol–water partition coefficient (Wildman–Crippen LogP) is 3.02. The van der Waals surface area contributed by atoms with Crippen LogP contribution >= 0.6 is 0 Å². The maximum absolute atomic E-state index is 13.2. The molecule has 0 spiro atoms. The van der Waals surface area contributed by atoms with E-state index < -0.39 is 0 Å². The van der Waals surface area contributed by atoms with Crippen molar-refractivity contribution in [3.63, 3.8) is 0 Å². The van der Waals surface area contributed by atoms with E-state index in [2.05, 4.69) is 9.97 Å². The van der Waals surface area contributed by atoms with E-state index in [1.54, 1.807) is 31.5 Å². The monoisotopic (exact) mass is 313 g/mol. The number of carbonyl (C=O) groups excluding carboxylic acids is 1. The quantitative estimate of drug-likeness (QED) is 0.875. The highest BCUT2D eigenvalue weighted by Crippen LogP contribution is 2.23. The molecule has 0 bridgehead atoms. The number of benzene rings is 1. The molecule has 4 nitrogen and oxygen atoms in total. The molecule has 1 aliphatic heterocycles. The van der Waals surface area contributed by atoms with Crippen LogP contribution in [0.4, 0.5) is 4.39 Å². The Morgan fingerprint density at radius 1 is 1.26 bits per heavy atom. The van der Waals surface area contributed by atoms with Gasteiger partial charge in [0.2, 0.25) is 0 Å². The zero-order valence-electron chi connectivity index (χ0n) is 13.2. The van der Waals surface area contributed by atoms with Crippen molar-refractivity contribution in [3.8, 4) is 0 Å². The highest BCUT2D eigenvalue weighted by molar-refractivity contribution is 5.93. The molecule has 120 valence electrons. The number of hydrogen-bond donors (Lipinski definition) is 0. The number of aromatic nitrogens is 2. The van der Waals surface area contributed by atoms with E-state index in [4.69, 9.17) is 0 Å². The first-order chi connectivity index (χ1) is 11.1. The van der Waals surface area contributed by atoms with Gasteiger partial charge in [0.25, 0.3) is 5.91 Å². The number of halogens is 1. The van der Waals surface area contributed by atoms with Gasteiger partial charge in [-0.15, -0.1) is 0 Å². The first kappa shape index (κ1) is 15.6. The lowest BCUT2D eigenvalue weighted by atomic mass is 9.90. The second-order valence-corrected chi connectivity index (χ2v) is 6.06. The molecule has 1 aliphatic rings. The van der Waals surface area contributed by atoms with Crippen molar-refractivity contribution in [3.05, 3.63) is 59.4 Å². The molecule has 0 N–H and O–H groups in total. The number of aryl methyl sites for hydroxylation is 1. The Balaban J connectivity index is 1.58. The van der Waals surface area contributed by atoms with E-state index in [9.17, 15) is 9.18 Å². The van der Waals surface area contributed by atoms with Crippen LogP contribution in [-0.2, 0) is 6.42 Å². The van der Waals surface area contributed by atoms with Gasteiger partial charge in [-0.1, -0.05) is 12.1 Å². The summed E-state index contributed by atoms with van der Waals surface area (Å²) in [4.78, 5) is 22.6. The van der Waals surface area contributed by atoms with Crippen molar-refractivity contribution >= 4 is 5.91 Å². The van der Waals surface area contributed by atoms with Crippen LogP contribution in [0.15, 0.2) is 36.7 Å². The van der Waals surface area contributed by atoms with Crippen molar-refractivity contribution in [1.82, 2.24) is 14.9 Å². The SMILES string of the molecule is Cc1nccnc1C(=O)N1CCC(Cc2cccc(F)c2)CC1.